The van der Waals surface area contributed by atoms with Crippen LogP contribution < -0.4 is 29.6 Å². The molecule has 0 heterocycles. The summed E-state index contributed by atoms with van der Waals surface area (Å²) in [6.45, 7) is 3.69. The normalized spacial score (nSPS) is 11.2. The van der Waals surface area contributed by atoms with Gasteiger partial charge in [0.05, 0.1) is 4.90 Å². The molecule has 2 aromatic carbocycles. The van der Waals surface area contributed by atoms with Crippen LogP contribution in [0.5, 0.6) is 0 Å². The van der Waals surface area contributed by atoms with E-state index in [1.54, 1.807) is 6.92 Å². The van der Waals surface area contributed by atoms with Crippen LogP contribution in [0.2, 0.25) is 0 Å². The Labute approximate surface area is 123 Å². The molecular weight excluding hydrogens is 247 g/mol. The quantitative estimate of drug-likeness (QED) is 0.505. The van der Waals surface area contributed by atoms with Crippen LogP contribution in [-0.4, -0.2) is 13.0 Å². The Kier molecular flexibility index (Phi) is 4.38. The van der Waals surface area contributed by atoms with Gasteiger partial charge in [-0.25, -0.2) is 8.42 Å². The van der Waals surface area contributed by atoms with E-state index in [4.69, 9.17) is 0 Å². The maximum Gasteiger partial charge on any atom is 1.00 e. The number of fused-ring (bicyclic) bond motifs is 1. The van der Waals surface area contributed by atoms with Crippen molar-refractivity contribution >= 4 is 20.9 Å². The average molecular weight is 258 g/mol. The van der Waals surface area contributed by atoms with Gasteiger partial charge in [-0.15, -0.1) is 0 Å². The Bertz CT molecular complexity index is 663. The van der Waals surface area contributed by atoms with Gasteiger partial charge in [0, 0.05) is 0 Å². The smallest absolute Gasteiger partial charge is 0.744 e. The molecule has 2 rings (SSSR count). The number of rotatable bonds is 1. The van der Waals surface area contributed by atoms with E-state index in [1.165, 1.54) is 12.1 Å². The van der Waals surface area contributed by atoms with Gasteiger partial charge in [-0.3, -0.25) is 0 Å². The van der Waals surface area contributed by atoms with E-state index < -0.39 is 10.1 Å². The van der Waals surface area contributed by atoms with Gasteiger partial charge in [-0.2, -0.15) is 0 Å². The fraction of sp³-hybridized carbons (Fsp3) is 0.167. The van der Waals surface area contributed by atoms with Crippen LogP contribution in [0.1, 0.15) is 11.1 Å². The number of benzene rings is 2. The monoisotopic (exact) mass is 258 g/mol. The van der Waals surface area contributed by atoms with Crippen molar-refractivity contribution in [1.29, 1.82) is 0 Å². The minimum absolute atomic E-state index is 0. The number of aryl methyl sites for hydroxylation is 2. The van der Waals surface area contributed by atoms with Crippen molar-refractivity contribution in [1.82, 2.24) is 0 Å². The van der Waals surface area contributed by atoms with E-state index in [9.17, 15) is 13.0 Å². The second-order valence-electron chi connectivity index (χ2n) is 3.86. The first-order valence-corrected chi connectivity index (χ1v) is 6.26. The molecule has 2 aromatic rings. The zero-order valence-corrected chi connectivity index (χ0v) is 12.8. The molecule has 0 aliphatic carbocycles. The molecule has 0 aliphatic heterocycles. The Morgan fingerprint density at radius 2 is 1.65 bits per heavy atom. The summed E-state index contributed by atoms with van der Waals surface area (Å²) in [4.78, 5) is -0.160. The fourth-order valence-corrected chi connectivity index (χ4v) is 2.42. The van der Waals surface area contributed by atoms with E-state index in [2.05, 4.69) is 0 Å². The van der Waals surface area contributed by atoms with Gasteiger partial charge in [0.2, 0.25) is 0 Å². The molecule has 0 unspecified atom stereocenters. The summed E-state index contributed by atoms with van der Waals surface area (Å²) in [5.74, 6) is 0. The van der Waals surface area contributed by atoms with Crippen LogP contribution in [0.25, 0.3) is 10.8 Å². The van der Waals surface area contributed by atoms with Crippen LogP contribution in [0.3, 0.4) is 0 Å². The van der Waals surface area contributed by atoms with Gasteiger partial charge in [0.25, 0.3) is 0 Å². The number of hydrogen-bond acceptors (Lipinski definition) is 3. The SMILES string of the molecule is Cc1cc(S(=O)(=O)[O-])cc2c(C)cccc12.[Na+]. The summed E-state index contributed by atoms with van der Waals surface area (Å²) < 4.78 is 33.0. The number of hydrogen-bond donors (Lipinski definition) is 0. The van der Waals surface area contributed by atoms with Crippen molar-refractivity contribution < 1.29 is 42.5 Å². The van der Waals surface area contributed by atoms with Gasteiger partial charge >= 0.3 is 29.6 Å². The third-order valence-corrected chi connectivity index (χ3v) is 3.50. The van der Waals surface area contributed by atoms with Crippen molar-refractivity contribution in [2.24, 2.45) is 0 Å². The molecule has 0 atom stereocenters. The molecular formula is C12H11NaO3S. The van der Waals surface area contributed by atoms with Crippen LogP contribution in [0, 0.1) is 13.8 Å². The van der Waals surface area contributed by atoms with E-state index in [-0.39, 0.29) is 34.5 Å². The minimum atomic E-state index is -4.38. The summed E-state index contributed by atoms with van der Waals surface area (Å²) in [5, 5.41) is 1.80. The topological polar surface area (TPSA) is 57.2 Å². The molecule has 0 fully saturated rings. The zero-order chi connectivity index (χ0) is 11.9. The molecule has 3 nitrogen and oxygen atoms in total. The van der Waals surface area contributed by atoms with Gasteiger partial charge in [-0.1, -0.05) is 18.2 Å². The van der Waals surface area contributed by atoms with Crippen LogP contribution in [-0.2, 0) is 10.1 Å². The minimum Gasteiger partial charge on any atom is -0.744 e. The third kappa shape index (κ3) is 2.89. The second-order valence-corrected chi connectivity index (χ2v) is 5.24. The van der Waals surface area contributed by atoms with E-state index >= 15 is 0 Å². The molecule has 0 saturated carbocycles. The van der Waals surface area contributed by atoms with Gasteiger partial charge < -0.3 is 4.55 Å². The summed E-state index contributed by atoms with van der Waals surface area (Å²) >= 11 is 0. The van der Waals surface area contributed by atoms with Crippen molar-refractivity contribution in [2.45, 2.75) is 18.7 Å². The predicted octanol–water partition coefficient (Wildman–Crippen LogP) is -0.635. The Balaban J connectivity index is 0.00000144. The standard InChI is InChI=1S/C12H12O3S.Na/c1-8-4-3-5-11-9(2)6-10(7-12(8)11)16(13,14)15;/h3-7H,1-2H3,(H,13,14,15);/q;+1/p-1. The summed E-state index contributed by atoms with van der Waals surface area (Å²) in [6, 6.07) is 8.59. The fourth-order valence-electron chi connectivity index (χ4n) is 1.84. The molecule has 0 amide bonds. The third-order valence-electron chi connectivity index (χ3n) is 2.68. The molecule has 0 N–H and O–H groups in total. The van der Waals surface area contributed by atoms with Crippen molar-refractivity contribution in [3.63, 3.8) is 0 Å². The van der Waals surface area contributed by atoms with Crippen LogP contribution in [0.15, 0.2) is 35.2 Å². The Morgan fingerprint density at radius 3 is 2.24 bits per heavy atom. The molecule has 0 aromatic heterocycles. The molecule has 0 bridgehead atoms. The van der Waals surface area contributed by atoms with E-state index in [0.29, 0.717) is 0 Å². The molecule has 0 radical (unpaired) electrons. The predicted molar refractivity (Wildman–Crippen MR) is 61.4 cm³/mol. The Morgan fingerprint density at radius 1 is 1.00 bits per heavy atom. The molecule has 0 spiro atoms. The van der Waals surface area contributed by atoms with Crippen molar-refractivity contribution in [3.8, 4) is 0 Å². The van der Waals surface area contributed by atoms with E-state index in [1.807, 2.05) is 25.1 Å². The first kappa shape index (κ1) is 14.7. The van der Waals surface area contributed by atoms with Gasteiger partial charge in [0.15, 0.2) is 0 Å². The maximum atomic E-state index is 11.0. The maximum absolute atomic E-state index is 11.0. The van der Waals surface area contributed by atoms with Crippen molar-refractivity contribution in [3.05, 3.63) is 41.5 Å². The van der Waals surface area contributed by atoms with Crippen molar-refractivity contribution in [2.75, 3.05) is 0 Å². The second kappa shape index (κ2) is 5.08. The molecule has 0 saturated heterocycles. The molecule has 17 heavy (non-hydrogen) atoms. The molecule has 5 heteroatoms. The summed E-state index contributed by atoms with van der Waals surface area (Å²) in [6.07, 6.45) is 0. The summed E-state index contributed by atoms with van der Waals surface area (Å²) in [7, 11) is -4.38. The van der Waals surface area contributed by atoms with Crippen LogP contribution in [0.4, 0.5) is 0 Å². The molecule has 0 aliphatic rings. The first-order valence-electron chi connectivity index (χ1n) is 4.85. The largest absolute Gasteiger partial charge is 1.00 e. The van der Waals surface area contributed by atoms with Gasteiger partial charge in [0.1, 0.15) is 10.1 Å². The van der Waals surface area contributed by atoms with E-state index in [0.717, 1.165) is 21.9 Å². The van der Waals surface area contributed by atoms with Crippen LogP contribution >= 0.6 is 0 Å². The average Bonchev–Trinajstić information content (AvgIpc) is 2.18. The first-order chi connectivity index (χ1) is 7.39. The zero-order valence-electron chi connectivity index (χ0n) is 10.0. The Hall–Kier alpha value is -0.390. The van der Waals surface area contributed by atoms with Gasteiger partial charge in [-0.05, 0) is 47.9 Å². The molecule has 84 valence electrons. The summed E-state index contributed by atoms with van der Waals surface area (Å²) in [5.41, 5.74) is 1.77.